The first-order valence-corrected chi connectivity index (χ1v) is 12.8. The minimum atomic E-state index is -0.843. The highest BCUT2D eigenvalue weighted by atomic mass is 32.1. The molecule has 2 aromatic carbocycles. The van der Waals surface area contributed by atoms with Gasteiger partial charge in [0.2, 0.25) is 0 Å². The molecular weight excluding hydrogens is 454 g/mol. The van der Waals surface area contributed by atoms with Crippen molar-refractivity contribution >= 4 is 38.4 Å². The molecule has 0 aliphatic carbocycles. The molecule has 1 nitrogen and oxygen atoms in total. The molecule has 2 aromatic heterocycles. The van der Waals surface area contributed by atoms with Gasteiger partial charge in [0.05, 0.1) is 10.4 Å². The molecule has 0 unspecified atom stereocenters. The summed E-state index contributed by atoms with van der Waals surface area (Å²) >= 11 is 3.57. The lowest BCUT2D eigenvalue weighted by Crippen LogP contribution is -2.02. The third-order valence-corrected chi connectivity index (χ3v) is 7.91. The number of carbonyl (C=O) groups excluding carboxylic acids is 1. The molecule has 0 atom stereocenters. The summed E-state index contributed by atoms with van der Waals surface area (Å²) in [6, 6.07) is 13.0. The fraction of sp³-hybridized carbons (Fsp3) is 0.250. The predicted molar refractivity (Wildman–Crippen MR) is 135 cm³/mol. The van der Waals surface area contributed by atoms with Crippen LogP contribution in [-0.4, -0.2) is 6.29 Å². The van der Waals surface area contributed by atoms with Gasteiger partial charge in [-0.2, -0.15) is 0 Å². The highest BCUT2D eigenvalue weighted by molar-refractivity contribution is 7.28. The second kappa shape index (κ2) is 10.4. The van der Waals surface area contributed by atoms with E-state index in [-0.39, 0.29) is 6.29 Å². The minimum absolute atomic E-state index is 0.230. The lowest BCUT2D eigenvalue weighted by atomic mass is 9.94. The van der Waals surface area contributed by atoms with Gasteiger partial charge in [0.1, 0.15) is 11.6 Å². The normalized spacial score (nSPS) is 10.9. The summed E-state index contributed by atoms with van der Waals surface area (Å²) < 4.78 is 31.3. The summed E-state index contributed by atoms with van der Waals surface area (Å²) in [5, 5.41) is 0. The SMILES string of the molecule is CCCCCc1cc2sc(C#Cc3ccc(-c4cc(F)c(C=O)c(F)c4CC)cc3)cc2s1. The van der Waals surface area contributed by atoms with E-state index in [0.717, 1.165) is 16.9 Å². The molecule has 0 amide bonds. The van der Waals surface area contributed by atoms with Crippen LogP contribution in [0.1, 0.15) is 64.3 Å². The number of halogens is 2. The van der Waals surface area contributed by atoms with E-state index >= 15 is 0 Å². The van der Waals surface area contributed by atoms with Crippen LogP contribution in [0.4, 0.5) is 8.78 Å². The van der Waals surface area contributed by atoms with Crippen molar-refractivity contribution in [2.75, 3.05) is 0 Å². The Kier molecular flexibility index (Phi) is 7.37. The fourth-order valence-electron chi connectivity index (χ4n) is 3.88. The van der Waals surface area contributed by atoms with Crippen LogP contribution in [0.25, 0.3) is 20.5 Å². The standard InChI is InChI=1S/C28H24F2OS2/c1-3-5-6-7-20-14-26-27(32-20)15-21(33-26)13-10-18-8-11-19(12-9-18)23-16-25(29)24(17-31)28(30)22(23)4-2/h8-9,11-12,14-17H,3-7H2,1-2H3. The molecule has 0 fully saturated rings. The lowest BCUT2D eigenvalue weighted by molar-refractivity contribution is 0.111. The van der Waals surface area contributed by atoms with Crippen molar-refractivity contribution in [1.29, 1.82) is 0 Å². The maximum atomic E-state index is 14.5. The number of fused-ring (bicyclic) bond motifs is 1. The molecule has 0 bridgehead atoms. The monoisotopic (exact) mass is 478 g/mol. The number of carbonyl (C=O) groups is 1. The van der Waals surface area contributed by atoms with Crippen molar-refractivity contribution in [1.82, 2.24) is 0 Å². The molecule has 0 saturated heterocycles. The van der Waals surface area contributed by atoms with Gasteiger partial charge in [-0.3, -0.25) is 4.79 Å². The molecule has 5 heteroatoms. The molecule has 4 aromatic rings. The van der Waals surface area contributed by atoms with Crippen LogP contribution in [0.15, 0.2) is 42.5 Å². The average Bonchev–Trinajstić information content (AvgIpc) is 3.36. The molecule has 0 N–H and O–H groups in total. The van der Waals surface area contributed by atoms with E-state index in [2.05, 4.69) is 30.9 Å². The van der Waals surface area contributed by atoms with Crippen LogP contribution in [0.3, 0.4) is 0 Å². The molecule has 0 aliphatic heterocycles. The molecule has 33 heavy (non-hydrogen) atoms. The van der Waals surface area contributed by atoms with Gasteiger partial charge in [-0.05, 0) is 66.3 Å². The second-order valence-electron chi connectivity index (χ2n) is 7.92. The van der Waals surface area contributed by atoms with Crippen molar-refractivity contribution in [3.63, 3.8) is 0 Å². The zero-order valence-corrected chi connectivity index (χ0v) is 20.3. The topological polar surface area (TPSA) is 17.1 Å². The lowest BCUT2D eigenvalue weighted by Gasteiger charge is -2.12. The predicted octanol–water partition coefficient (Wildman–Crippen LogP) is 8.42. The molecular formula is C28H24F2OS2. The number of benzene rings is 2. The number of hydrogen-bond acceptors (Lipinski definition) is 3. The van der Waals surface area contributed by atoms with E-state index in [1.807, 2.05) is 35.6 Å². The third-order valence-electron chi connectivity index (χ3n) is 5.64. The van der Waals surface area contributed by atoms with Gasteiger partial charge in [-0.25, -0.2) is 8.78 Å². The van der Waals surface area contributed by atoms with Crippen molar-refractivity contribution in [3.05, 3.63) is 80.5 Å². The quantitative estimate of drug-likeness (QED) is 0.148. The van der Waals surface area contributed by atoms with Gasteiger partial charge in [0, 0.05) is 19.8 Å². The number of hydrogen-bond donors (Lipinski definition) is 0. The summed E-state index contributed by atoms with van der Waals surface area (Å²) in [4.78, 5) is 13.5. The number of aryl methyl sites for hydroxylation is 1. The molecule has 4 rings (SSSR count). The van der Waals surface area contributed by atoms with Crippen LogP contribution >= 0.6 is 22.7 Å². The Morgan fingerprint density at radius 3 is 2.36 bits per heavy atom. The molecule has 168 valence electrons. The van der Waals surface area contributed by atoms with E-state index in [1.54, 1.807) is 18.3 Å². The smallest absolute Gasteiger partial charge is 0.155 e. The van der Waals surface area contributed by atoms with Crippen molar-refractivity contribution in [2.45, 2.75) is 46.0 Å². The Hall–Kier alpha value is -2.81. The summed E-state index contributed by atoms with van der Waals surface area (Å²) in [5.74, 6) is 4.80. The maximum Gasteiger partial charge on any atom is 0.155 e. The van der Waals surface area contributed by atoms with E-state index in [0.29, 0.717) is 23.1 Å². The Bertz CT molecular complexity index is 1320. The van der Waals surface area contributed by atoms with Crippen LogP contribution < -0.4 is 0 Å². The molecule has 0 spiro atoms. The van der Waals surface area contributed by atoms with Crippen molar-refractivity contribution < 1.29 is 13.6 Å². The Labute approximate surface area is 201 Å². The highest BCUT2D eigenvalue weighted by Crippen LogP contribution is 2.34. The van der Waals surface area contributed by atoms with E-state index in [1.165, 1.54) is 39.6 Å². The van der Waals surface area contributed by atoms with Crippen LogP contribution in [0.2, 0.25) is 0 Å². The number of rotatable bonds is 7. The van der Waals surface area contributed by atoms with Gasteiger partial charge >= 0.3 is 0 Å². The highest BCUT2D eigenvalue weighted by Gasteiger charge is 2.18. The Morgan fingerprint density at radius 1 is 0.939 bits per heavy atom. The first-order chi connectivity index (χ1) is 16.0. The van der Waals surface area contributed by atoms with Gasteiger partial charge in [0.15, 0.2) is 6.29 Å². The molecule has 0 saturated carbocycles. The average molecular weight is 479 g/mol. The largest absolute Gasteiger partial charge is 0.298 e. The van der Waals surface area contributed by atoms with Gasteiger partial charge in [-0.15, -0.1) is 22.7 Å². The minimum Gasteiger partial charge on any atom is -0.298 e. The third kappa shape index (κ3) is 5.08. The molecule has 0 radical (unpaired) electrons. The summed E-state index contributed by atoms with van der Waals surface area (Å²) in [7, 11) is 0. The second-order valence-corrected chi connectivity index (χ2v) is 10.2. The Morgan fingerprint density at radius 2 is 1.70 bits per heavy atom. The summed E-state index contributed by atoms with van der Waals surface area (Å²) in [6.45, 7) is 4.01. The van der Waals surface area contributed by atoms with Crippen LogP contribution in [0.5, 0.6) is 0 Å². The van der Waals surface area contributed by atoms with Gasteiger partial charge < -0.3 is 0 Å². The number of unbranched alkanes of at least 4 members (excludes halogenated alkanes) is 2. The van der Waals surface area contributed by atoms with Crippen LogP contribution in [0, 0.1) is 23.5 Å². The zero-order chi connectivity index (χ0) is 23.4. The maximum absolute atomic E-state index is 14.5. The van der Waals surface area contributed by atoms with Crippen molar-refractivity contribution in [2.24, 2.45) is 0 Å². The number of thiophene rings is 2. The fourth-order valence-corrected chi connectivity index (χ4v) is 6.19. The first-order valence-electron chi connectivity index (χ1n) is 11.1. The summed E-state index contributed by atoms with van der Waals surface area (Å²) in [5.41, 5.74) is 1.82. The van der Waals surface area contributed by atoms with Crippen LogP contribution in [-0.2, 0) is 12.8 Å². The van der Waals surface area contributed by atoms with Gasteiger partial charge in [0.25, 0.3) is 0 Å². The van der Waals surface area contributed by atoms with E-state index in [4.69, 9.17) is 0 Å². The summed E-state index contributed by atoms with van der Waals surface area (Å²) in [6.07, 6.45) is 5.50. The van der Waals surface area contributed by atoms with Crippen molar-refractivity contribution in [3.8, 4) is 23.0 Å². The van der Waals surface area contributed by atoms with E-state index in [9.17, 15) is 13.6 Å². The zero-order valence-electron chi connectivity index (χ0n) is 18.6. The first kappa shape index (κ1) is 23.4. The van der Waals surface area contributed by atoms with Gasteiger partial charge in [-0.1, -0.05) is 50.7 Å². The Balaban J connectivity index is 1.53. The molecule has 2 heterocycles. The number of aldehydes is 1. The molecule has 0 aliphatic rings. The van der Waals surface area contributed by atoms with E-state index < -0.39 is 17.2 Å².